The number of benzene rings is 2. The molecule has 0 bridgehead atoms. The fourth-order valence-electron chi connectivity index (χ4n) is 3.64. The van der Waals surface area contributed by atoms with Crippen LogP contribution in [-0.4, -0.2) is 26.3 Å². The Labute approximate surface area is 174 Å². The van der Waals surface area contributed by atoms with Crippen molar-refractivity contribution in [2.45, 2.75) is 53.1 Å². The van der Waals surface area contributed by atoms with Gasteiger partial charge in [0, 0.05) is 23.3 Å². The molecule has 0 N–H and O–H groups in total. The van der Waals surface area contributed by atoms with E-state index in [9.17, 15) is 4.79 Å². The summed E-state index contributed by atoms with van der Waals surface area (Å²) in [4.78, 5) is 11.3. The van der Waals surface area contributed by atoms with E-state index in [2.05, 4.69) is 38.6 Å². The Morgan fingerprint density at radius 3 is 2.17 bits per heavy atom. The summed E-state index contributed by atoms with van der Waals surface area (Å²) in [6, 6.07) is 8.14. The Morgan fingerprint density at radius 1 is 1.07 bits per heavy atom. The van der Waals surface area contributed by atoms with Crippen LogP contribution in [0.3, 0.4) is 0 Å². The van der Waals surface area contributed by atoms with Crippen molar-refractivity contribution in [3.63, 3.8) is 0 Å². The van der Waals surface area contributed by atoms with Crippen molar-refractivity contribution in [2.24, 2.45) is 0 Å². The molecule has 2 aromatic rings. The molecule has 0 aliphatic rings. The van der Waals surface area contributed by atoms with Gasteiger partial charge in [-0.05, 0) is 51.2 Å². The molecule has 0 aliphatic carbocycles. The summed E-state index contributed by atoms with van der Waals surface area (Å²) in [5.74, 6) is 1.51. The second-order valence-electron chi connectivity index (χ2n) is 7.45. The van der Waals surface area contributed by atoms with Gasteiger partial charge in [0.1, 0.15) is 17.6 Å². The van der Waals surface area contributed by atoms with E-state index in [1.807, 2.05) is 19.1 Å². The third-order valence-corrected chi connectivity index (χ3v) is 5.21. The molecular weight excluding hydrogens is 364 g/mol. The first-order valence-electron chi connectivity index (χ1n) is 9.90. The maximum Gasteiger partial charge on any atom is 0.303 e. The summed E-state index contributed by atoms with van der Waals surface area (Å²) in [5, 5.41) is 2.11. The smallest absolute Gasteiger partial charge is 0.303 e. The van der Waals surface area contributed by atoms with Gasteiger partial charge in [-0.2, -0.15) is 0 Å². The lowest BCUT2D eigenvalue weighted by atomic mass is 9.95. The second-order valence-corrected chi connectivity index (χ2v) is 7.45. The van der Waals surface area contributed by atoms with E-state index < -0.39 is 0 Å². The first-order chi connectivity index (χ1) is 13.8. The minimum atomic E-state index is -0.275. The highest BCUT2D eigenvalue weighted by Gasteiger charge is 2.17. The molecule has 0 saturated heterocycles. The van der Waals surface area contributed by atoms with E-state index in [4.69, 9.17) is 14.2 Å². The fourth-order valence-corrected chi connectivity index (χ4v) is 3.64. The highest BCUT2D eigenvalue weighted by Crippen LogP contribution is 2.40. The van der Waals surface area contributed by atoms with Crippen LogP contribution < -0.4 is 9.47 Å². The fraction of sp³-hybridized carbons (Fsp3) is 0.400. The molecule has 0 amide bonds. The molecule has 1 unspecified atom stereocenters. The van der Waals surface area contributed by atoms with Crippen LogP contribution >= 0.6 is 0 Å². The number of allylic oxidation sites excluding steroid dienone is 2. The van der Waals surface area contributed by atoms with E-state index in [-0.39, 0.29) is 12.1 Å². The molecule has 1 atom stereocenters. The molecular formula is C25H32O4. The van der Waals surface area contributed by atoms with E-state index in [0.717, 1.165) is 58.2 Å². The number of carbonyl (C=O) groups excluding carboxylic acids is 1. The Kier molecular flexibility index (Phi) is 7.89. The minimum Gasteiger partial charge on any atom is -0.496 e. The van der Waals surface area contributed by atoms with Crippen LogP contribution in [0.15, 0.2) is 48.1 Å². The topological polar surface area (TPSA) is 44.8 Å². The SMILES string of the molecule is C=C(C)C(CCC(C)=CCc1c(C)c(OC)c2ccccc2c1OC)OC(C)=O. The summed E-state index contributed by atoms with van der Waals surface area (Å²) in [6.45, 7) is 11.4. The number of hydrogen-bond donors (Lipinski definition) is 0. The van der Waals surface area contributed by atoms with Crippen LogP contribution in [-0.2, 0) is 16.0 Å². The van der Waals surface area contributed by atoms with E-state index in [1.54, 1.807) is 14.2 Å². The van der Waals surface area contributed by atoms with Crippen molar-refractivity contribution < 1.29 is 19.0 Å². The lowest BCUT2D eigenvalue weighted by molar-refractivity contribution is -0.144. The predicted molar refractivity (Wildman–Crippen MR) is 119 cm³/mol. The summed E-state index contributed by atoms with van der Waals surface area (Å²) in [7, 11) is 3.42. The van der Waals surface area contributed by atoms with Gasteiger partial charge >= 0.3 is 5.97 Å². The van der Waals surface area contributed by atoms with Crippen LogP contribution in [0, 0.1) is 6.92 Å². The number of methoxy groups -OCH3 is 2. The van der Waals surface area contributed by atoms with Crippen molar-refractivity contribution in [3.8, 4) is 11.5 Å². The molecule has 0 heterocycles. The van der Waals surface area contributed by atoms with Gasteiger partial charge in [-0.15, -0.1) is 0 Å². The van der Waals surface area contributed by atoms with Gasteiger partial charge in [-0.1, -0.05) is 42.5 Å². The molecule has 4 nitrogen and oxygen atoms in total. The zero-order valence-corrected chi connectivity index (χ0v) is 18.4. The third-order valence-electron chi connectivity index (χ3n) is 5.21. The minimum absolute atomic E-state index is 0.243. The van der Waals surface area contributed by atoms with Gasteiger partial charge in [-0.3, -0.25) is 4.79 Å². The van der Waals surface area contributed by atoms with E-state index in [0.29, 0.717) is 0 Å². The van der Waals surface area contributed by atoms with Crippen LogP contribution in [0.5, 0.6) is 11.5 Å². The van der Waals surface area contributed by atoms with Crippen LogP contribution in [0.25, 0.3) is 10.8 Å². The zero-order valence-electron chi connectivity index (χ0n) is 18.4. The van der Waals surface area contributed by atoms with Gasteiger partial charge in [0.15, 0.2) is 0 Å². The lowest BCUT2D eigenvalue weighted by Gasteiger charge is -2.19. The van der Waals surface area contributed by atoms with Crippen molar-refractivity contribution in [1.29, 1.82) is 0 Å². The van der Waals surface area contributed by atoms with Gasteiger partial charge < -0.3 is 14.2 Å². The maximum absolute atomic E-state index is 11.3. The van der Waals surface area contributed by atoms with E-state index >= 15 is 0 Å². The zero-order chi connectivity index (χ0) is 21.6. The molecule has 4 heteroatoms. The molecule has 0 spiro atoms. The lowest BCUT2D eigenvalue weighted by Crippen LogP contribution is -2.17. The first kappa shape index (κ1) is 22.5. The number of rotatable bonds is 9. The third kappa shape index (κ3) is 5.41. The van der Waals surface area contributed by atoms with Gasteiger partial charge in [0.05, 0.1) is 14.2 Å². The number of carbonyl (C=O) groups is 1. The van der Waals surface area contributed by atoms with Crippen LogP contribution in [0.2, 0.25) is 0 Å². The van der Waals surface area contributed by atoms with Gasteiger partial charge in [0.2, 0.25) is 0 Å². The molecule has 0 fully saturated rings. The van der Waals surface area contributed by atoms with E-state index in [1.165, 1.54) is 12.5 Å². The largest absolute Gasteiger partial charge is 0.496 e. The first-order valence-corrected chi connectivity index (χ1v) is 9.90. The molecule has 0 saturated carbocycles. The normalized spacial score (nSPS) is 12.6. The van der Waals surface area contributed by atoms with Crippen molar-refractivity contribution in [2.75, 3.05) is 14.2 Å². The van der Waals surface area contributed by atoms with Crippen LogP contribution in [0.1, 0.15) is 44.7 Å². The standard InChI is InChI=1S/C25H32O4/c1-16(2)23(29-19(5)26)15-13-17(3)12-14-20-18(4)24(27-6)21-10-8-9-11-22(21)25(20)28-7/h8-12,23H,1,13-15H2,2-7H3. The van der Waals surface area contributed by atoms with Crippen molar-refractivity contribution in [3.05, 3.63) is 59.2 Å². The monoisotopic (exact) mass is 396 g/mol. The number of esters is 1. The molecule has 0 aliphatic heterocycles. The Bertz CT molecular complexity index is 924. The molecule has 2 aromatic carbocycles. The molecule has 29 heavy (non-hydrogen) atoms. The number of ether oxygens (including phenoxy) is 3. The summed E-state index contributed by atoms with van der Waals surface area (Å²) in [6.07, 6.45) is 4.27. The van der Waals surface area contributed by atoms with Crippen LogP contribution in [0.4, 0.5) is 0 Å². The number of hydrogen-bond acceptors (Lipinski definition) is 4. The highest BCUT2D eigenvalue weighted by atomic mass is 16.5. The Hall–Kier alpha value is -2.75. The Morgan fingerprint density at radius 2 is 1.66 bits per heavy atom. The van der Waals surface area contributed by atoms with Gasteiger partial charge in [0.25, 0.3) is 0 Å². The summed E-state index contributed by atoms with van der Waals surface area (Å²) in [5.41, 5.74) is 4.31. The van der Waals surface area contributed by atoms with Gasteiger partial charge in [-0.25, -0.2) is 0 Å². The summed E-state index contributed by atoms with van der Waals surface area (Å²) < 4.78 is 16.9. The predicted octanol–water partition coefficient (Wildman–Crippen LogP) is 5.94. The average molecular weight is 397 g/mol. The number of fused-ring (bicyclic) bond motifs is 1. The molecule has 0 aromatic heterocycles. The summed E-state index contributed by atoms with van der Waals surface area (Å²) >= 11 is 0. The second kappa shape index (κ2) is 10.1. The highest BCUT2D eigenvalue weighted by molar-refractivity contribution is 5.96. The molecule has 156 valence electrons. The van der Waals surface area contributed by atoms with Crippen molar-refractivity contribution in [1.82, 2.24) is 0 Å². The average Bonchev–Trinajstić information content (AvgIpc) is 2.68. The quantitative estimate of drug-likeness (QED) is 0.388. The molecule has 0 radical (unpaired) electrons. The van der Waals surface area contributed by atoms with Crippen molar-refractivity contribution >= 4 is 16.7 Å². The maximum atomic E-state index is 11.3. The molecule has 2 rings (SSSR count). The Balaban J connectivity index is 2.28.